The van der Waals surface area contributed by atoms with E-state index >= 15 is 0 Å². The van der Waals surface area contributed by atoms with E-state index in [9.17, 15) is 4.39 Å². The minimum Gasteiger partial charge on any atom is -0.454 e. The summed E-state index contributed by atoms with van der Waals surface area (Å²) in [5, 5.41) is 12.0. The van der Waals surface area contributed by atoms with Crippen molar-refractivity contribution in [3.63, 3.8) is 0 Å². The number of rotatable bonds is 6. The number of anilines is 1. The summed E-state index contributed by atoms with van der Waals surface area (Å²) < 4.78 is 21.1. The van der Waals surface area contributed by atoms with Gasteiger partial charge in [0.1, 0.15) is 16.1 Å². The second-order valence-corrected chi connectivity index (χ2v) is 7.10. The maximum absolute atomic E-state index is 13.9. The number of fused-ring (bicyclic) bond motifs is 1. The predicted molar refractivity (Wildman–Crippen MR) is 118 cm³/mol. The van der Waals surface area contributed by atoms with Crippen LogP contribution in [0.1, 0.15) is 11.4 Å². The number of halogens is 3. The molecule has 0 amide bonds. The highest BCUT2D eigenvalue weighted by molar-refractivity contribution is 6.69. The molecule has 0 fully saturated rings. The van der Waals surface area contributed by atoms with Gasteiger partial charge in [0, 0.05) is 42.2 Å². The van der Waals surface area contributed by atoms with E-state index in [1.54, 1.807) is 35.1 Å². The maximum Gasteiger partial charge on any atom is 0.167 e. The van der Waals surface area contributed by atoms with Gasteiger partial charge in [0.15, 0.2) is 23.0 Å². The Balaban J connectivity index is 1.51. The van der Waals surface area contributed by atoms with Crippen molar-refractivity contribution in [2.75, 3.05) is 5.73 Å². The van der Waals surface area contributed by atoms with E-state index in [0.717, 1.165) is 0 Å². The van der Waals surface area contributed by atoms with Gasteiger partial charge in [-0.05, 0) is 24.3 Å². The van der Waals surface area contributed by atoms with Crippen molar-refractivity contribution >= 4 is 51.6 Å². The molecule has 0 spiro atoms. The van der Waals surface area contributed by atoms with Crippen molar-refractivity contribution < 1.29 is 9.13 Å². The summed E-state index contributed by atoms with van der Waals surface area (Å²) in [5.74, 6) is 0.410. The SMILES string of the molecule is N=C(Cl)c1cc(Cl)ncc1/N=C\Cc1nc2cc(Oc3ccc(N)cc3F)ccn2n1. The average molecular weight is 458 g/mol. The van der Waals surface area contributed by atoms with Crippen molar-refractivity contribution in [2.24, 2.45) is 4.99 Å². The smallest absolute Gasteiger partial charge is 0.167 e. The number of nitrogens with one attached hydrogen (secondary N) is 1. The number of pyridine rings is 2. The third-order valence-electron chi connectivity index (χ3n) is 4.13. The van der Waals surface area contributed by atoms with Crippen molar-refractivity contribution in [3.05, 3.63) is 71.2 Å². The Morgan fingerprint density at radius 3 is 2.90 bits per heavy atom. The van der Waals surface area contributed by atoms with Crippen LogP contribution in [0.4, 0.5) is 15.8 Å². The lowest BCUT2D eigenvalue weighted by molar-refractivity contribution is 0.442. The van der Waals surface area contributed by atoms with Crippen LogP contribution in [0, 0.1) is 11.2 Å². The Morgan fingerprint density at radius 1 is 1.29 bits per heavy atom. The highest BCUT2D eigenvalue weighted by Gasteiger charge is 2.09. The zero-order chi connectivity index (χ0) is 22.0. The highest BCUT2D eigenvalue weighted by Crippen LogP contribution is 2.26. The lowest BCUT2D eigenvalue weighted by Crippen LogP contribution is -1.94. The van der Waals surface area contributed by atoms with Gasteiger partial charge in [0.2, 0.25) is 0 Å². The van der Waals surface area contributed by atoms with Gasteiger partial charge in [-0.25, -0.2) is 18.9 Å². The molecule has 0 bridgehead atoms. The number of nitrogens with two attached hydrogens (primary N) is 1. The minimum absolute atomic E-state index is 0.0580. The van der Waals surface area contributed by atoms with E-state index in [1.165, 1.54) is 24.4 Å². The van der Waals surface area contributed by atoms with Crippen LogP contribution in [0.25, 0.3) is 5.65 Å². The Labute approximate surface area is 185 Å². The van der Waals surface area contributed by atoms with Gasteiger partial charge in [0.25, 0.3) is 0 Å². The highest BCUT2D eigenvalue weighted by atomic mass is 35.5. The van der Waals surface area contributed by atoms with Crippen LogP contribution < -0.4 is 10.5 Å². The van der Waals surface area contributed by atoms with E-state index in [2.05, 4.69) is 20.1 Å². The molecule has 156 valence electrons. The molecule has 11 heteroatoms. The normalized spacial score (nSPS) is 11.3. The molecule has 0 radical (unpaired) electrons. The molecule has 4 aromatic rings. The molecule has 0 aliphatic rings. The summed E-state index contributed by atoms with van der Waals surface area (Å²) in [6.07, 6.45) is 5.00. The maximum atomic E-state index is 13.9. The molecule has 0 atom stereocenters. The molecule has 31 heavy (non-hydrogen) atoms. The van der Waals surface area contributed by atoms with E-state index in [4.69, 9.17) is 39.1 Å². The zero-order valence-electron chi connectivity index (χ0n) is 15.8. The summed E-state index contributed by atoms with van der Waals surface area (Å²) in [5.41, 5.74) is 7.17. The fraction of sp³-hybridized carbons (Fsp3) is 0.0500. The number of aliphatic imine (C=N–C) groups is 1. The van der Waals surface area contributed by atoms with E-state index in [-0.39, 0.29) is 16.1 Å². The Hall–Kier alpha value is -3.56. The zero-order valence-corrected chi connectivity index (χ0v) is 17.3. The second kappa shape index (κ2) is 8.66. The summed E-state index contributed by atoms with van der Waals surface area (Å²) in [4.78, 5) is 12.7. The Morgan fingerprint density at radius 2 is 2.13 bits per heavy atom. The van der Waals surface area contributed by atoms with Gasteiger partial charge in [0.05, 0.1) is 11.9 Å². The van der Waals surface area contributed by atoms with Crippen LogP contribution >= 0.6 is 23.2 Å². The van der Waals surface area contributed by atoms with E-state index < -0.39 is 5.82 Å². The molecular weight excluding hydrogens is 444 g/mol. The van der Waals surface area contributed by atoms with Gasteiger partial charge in [-0.1, -0.05) is 23.2 Å². The third kappa shape index (κ3) is 4.79. The van der Waals surface area contributed by atoms with E-state index in [0.29, 0.717) is 40.6 Å². The Bertz CT molecular complexity index is 1320. The van der Waals surface area contributed by atoms with Crippen molar-refractivity contribution in [1.29, 1.82) is 5.41 Å². The van der Waals surface area contributed by atoms with E-state index in [1.807, 2.05) is 0 Å². The quantitative estimate of drug-likeness (QED) is 0.245. The molecule has 0 saturated heterocycles. The van der Waals surface area contributed by atoms with Crippen LogP contribution in [0.5, 0.6) is 11.5 Å². The summed E-state index contributed by atoms with van der Waals surface area (Å²) in [6, 6.07) is 8.96. The minimum atomic E-state index is -0.556. The number of hydrogen-bond acceptors (Lipinski definition) is 7. The third-order valence-corrected chi connectivity index (χ3v) is 4.54. The number of hydrogen-bond donors (Lipinski definition) is 2. The molecule has 3 N–H and O–H groups in total. The van der Waals surface area contributed by atoms with Crippen molar-refractivity contribution in [3.8, 4) is 11.5 Å². The van der Waals surface area contributed by atoms with Crippen molar-refractivity contribution in [2.45, 2.75) is 6.42 Å². The predicted octanol–water partition coefficient (Wildman–Crippen LogP) is 4.80. The first kappa shape index (κ1) is 20.7. The fourth-order valence-corrected chi connectivity index (χ4v) is 3.02. The molecule has 3 aromatic heterocycles. The standard InChI is InChI=1S/C20H14Cl2FN7O/c21-17-9-13(20(22)25)15(10-27-17)26-5-3-18-28-19-8-12(4-6-30(19)29-18)31-16-2-1-11(24)7-14(16)23/h1-2,4-10,25H,3,24H2/b25-20?,26-5-. The van der Waals surface area contributed by atoms with Gasteiger partial charge in [-0.2, -0.15) is 5.10 Å². The molecule has 0 aliphatic carbocycles. The fourth-order valence-electron chi connectivity index (χ4n) is 2.71. The topological polar surface area (TPSA) is 115 Å². The van der Waals surface area contributed by atoms with Crippen LogP contribution in [0.2, 0.25) is 5.15 Å². The van der Waals surface area contributed by atoms with Crippen LogP contribution in [0.3, 0.4) is 0 Å². The van der Waals surface area contributed by atoms with Crippen molar-refractivity contribution in [1.82, 2.24) is 19.6 Å². The largest absolute Gasteiger partial charge is 0.454 e. The lowest BCUT2D eigenvalue weighted by atomic mass is 10.2. The molecule has 3 heterocycles. The molecule has 1 aromatic carbocycles. The van der Waals surface area contributed by atoms with Gasteiger partial charge in [-0.3, -0.25) is 10.4 Å². The van der Waals surface area contributed by atoms with Crippen LogP contribution in [-0.4, -0.2) is 31.0 Å². The first-order chi connectivity index (χ1) is 14.9. The molecule has 0 aliphatic heterocycles. The van der Waals surface area contributed by atoms with Crippen LogP contribution in [0.15, 0.2) is 53.8 Å². The first-order valence-electron chi connectivity index (χ1n) is 8.90. The van der Waals surface area contributed by atoms with Gasteiger partial charge in [-0.15, -0.1) is 0 Å². The molecule has 0 unspecified atom stereocenters. The Kier molecular flexibility index (Phi) is 5.79. The second-order valence-electron chi connectivity index (χ2n) is 6.34. The number of nitrogens with zero attached hydrogens (tertiary/aromatic N) is 5. The summed E-state index contributed by atoms with van der Waals surface area (Å²) >= 11 is 11.6. The molecule has 0 saturated carbocycles. The lowest BCUT2D eigenvalue weighted by Gasteiger charge is -2.07. The summed E-state index contributed by atoms with van der Waals surface area (Å²) in [7, 11) is 0. The molecule has 4 rings (SSSR count). The average Bonchev–Trinajstić information content (AvgIpc) is 3.13. The first-order valence-corrected chi connectivity index (χ1v) is 9.65. The molecule has 8 nitrogen and oxygen atoms in total. The van der Waals surface area contributed by atoms with Gasteiger partial charge < -0.3 is 10.5 Å². The van der Waals surface area contributed by atoms with Gasteiger partial charge >= 0.3 is 0 Å². The number of benzene rings is 1. The molecular formula is C20H14Cl2FN7O. The van der Waals surface area contributed by atoms with Crippen LogP contribution in [-0.2, 0) is 6.42 Å². The number of nitrogen functional groups attached to an aromatic ring is 1. The number of aromatic nitrogens is 4. The monoisotopic (exact) mass is 457 g/mol. The summed E-state index contributed by atoms with van der Waals surface area (Å²) in [6.45, 7) is 0. The number of ether oxygens (including phenoxy) is 1.